The Morgan fingerprint density at radius 3 is 2.85 bits per heavy atom. The lowest BCUT2D eigenvalue weighted by Gasteiger charge is -2.23. The van der Waals surface area contributed by atoms with Crippen LogP contribution in [-0.2, 0) is 19.1 Å². The van der Waals surface area contributed by atoms with Gasteiger partial charge < -0.3 is 15.4 Å². The second kappa shape index (κ2) is 10.2. The van der Waals surface area contributed by atoms with Gasteiger partial charge in [-0.1, -0.05) is 38.3 Å². The molecule has 0 saturated carbocycles. The lowest BCUT2D eigenvalue weighted by Crippen LogP contribution is -2.36. The van der Waals surface area contributed by atoms with E-state index in [0.29, 0.717) is 0 Å². The van der Waals surface area contributed by atoms with Crippen LogP contribution in [0.15, 0.2) is 29.2 Å². The Labute approximate surface area is 158 Å². The SMILES string of the molecule is CCCCC[C@H](C)NC(=O)COC(=O)C[C@H]1Sc2ccccc2NC1=O. The van der Waals surface area contributed by atoms with E-state index in [-0.39, 0.29) is 30.9 Å². The number of rotatable bonds is 9. The third-order valence-corrected chi connectivity index (χ3v) is 5.35. The maximum atomic E-state index is 12.1. The van der Waals surface area contributed by atoms with Gasteiger partial charge in [0.25, 0.3) is 5.91 Å². The summed E-state index contributed by atoms with van der Waals surface area (Å²) < 4.78 is 5.03. The van der Waals surface area contributed by atoms with Crippen LogP contribution in [0.5, 0.6) is 0 Å². The van der Waals surface area contributed by atoms with Crippen molar-refractivity contribution in [3.8, 4) is 0 Å². The molecule has 7 heteroatoms. The van der Waals surface area contributed by atoms with Crippen LogP contribution < -0.4 is 10.6 Å². The molecule has 0 unspecified atom stereocenters. The molecule has 0 bridgehead atoms. The van der Waals surface area contributed by atoms with Crippen molar-refractivity contribution in [3.05, 3.63) is 24.3 Å². The molecule has 1 aliphatic rings. The number of amides is 2. The average Bonchev–Trinajstić information content (AvgIpc) is 2.61. The minimum Gasteiger partial charge on any atom is -0.456 e. The highest BCUT2D eigenvalue weighted by Gasteiger charge is 2.29. The number of anilines is 1. The molecule has 1 heterocycles. The smallest absolute Gasteiger partial charge is 0.307 e. The first-order chi connectivity index (χ1) is 12.5. The third kappa shape index (κ3) is 6.37. The van der Waals surface area contributed by atoms with Gasteiger partial charge in [-0.3, -0.25) is 14.4 Å². The molecule has 2 atom stereocenters. The summed E-state index contributed by atoms with van der Waals surface area (Å²) in [6, 6.07) is 7.50. The van der Waals surface area contributed by atoms with E-state index in [1.165, 1.54) is 11.8 Å². The van der Waals surface area contributed by atoms with Gasteiger partial charge in [-0.05, 0) is 25.5 Å². The molecule has 2 amide bonds. The Bertz CT molecular complexity index is 650. The normalized spacial score (nSPS) is 17.0. The van der Waals surface area contributed by atoms with Crippen molar-refractivity contribution < 1.29 is 19.1 Å². The number of nitrogens with one attached hydrogen (secondary N) is 2. The lowest BCUT2D eigenvalue weighted by atomic mass is 10.1. The Hall–Kier alpha value is -2.02. The van der Waals surface area contributed by atoms with Gasteiger partial charge in [0.15, 0.2) is 6.61 Å². The molecule has 0 fully saturated rings. The standard InChI is InChI=1S/C19H26N2O4S/c1-3-4-5-8-13(2)20-17(22)12-25-18(23)11-16-19(24)21-14-9-6-7-10-15(14)26-16/h6-7,9-10,13,16H,3-5,8,11-12H2,1-2H3,(H,20,22)(H,21,24)/t13-,16+/m0/s1. The average molecular weight is 378 g/mol. The predicted octanol–water partition coefficient (Wildman–Crippen LogP) is 3.12. The zero-order chi connectivity index (χ0) is 18.9. The summed E-state index contributed by atoms with van der Waals surface area (Å²) in [5.74, 6) is -1.08. The highest BCUT2D eigenvalue weighted by Crippen LogP contribution is 2.36. The van der Waals surface area contributed by atoms with Crippen molar-refractivity contribution in [3.63, 3.8) is 0 Å². The number of thioether (sulfide) groups is 1. The summed E-state index contributed by atoms with van der Waals surface area (Å²) in [4.78, 5) is 36.8. The molecule has 6 nitrogen and oxygen atoms in total. The first-order valence-corrected chi connectivity index (χ1v) is 9.89. The number of carbonyl (C=O) groups is 3. The number of carbonyl (C=O) groups excluding carboxylic acids is 3. The van der Waals surface area contributed by atoms with E-state index in [1.54, 1.807) is 0 Å². The number of benzene rings is 1. The molecule has 1 aromatic rings. The van der Waals surface area contributed by atoms with E-state index in [2.05, 4.69) is 17.6 Å². The predicted molar refractivity (Wildman–Crippen MR) is 102 cm³/mol. The number of esters is 1. The van der Waals surface area contributed by atoms with Crippen LogP contribution in [-0.4, -0.2) is 35.7 Å². The Kier molecular flexibility index (Phi) is 7.97. The Morgan fingerprint density at radius 2 is 2.08 bits per heavy atom. The maximum absolute atomic E-state index is 12.1. The van der Waals surface area contributed by atoms with Crippen LogP contribution in [0, 0.1) is 0 Å². The molecule has 26 heavy (non-hydrogen) atoms. The van der Waals surface area contributed by atoms with Crippen molar-refractivity contribution in [1.29, 1.82) is 0 Å². The molecule has 2 rings (SSSR count). The van der Waals surface area contributed by atoms with Crippen molar-refractivity contribution in [2.75, 3.05) is 11.9 Å². The fourth-order valence-corrected chi connectivity index (χ4v) is 3.77. The van der Waals surface area contributed by atoms with Gasteiger partial charge in [-0.15, -0.1) is 11.8 Å². The number of unbranched alkanes of at least 4 members (excludes halogenated alkanes) is 2. The molecular formula is C19H26N2O4S. The Balaban J connectivity index is 1.72. The molecule has 0 spiro atoms. The van der Waals surface area contributed by atoms with E-state index in [1.807, 2.05) is 31.2 Å². The van der Waals surface area contributed by atoms with Crippen LogP contribution in [0.1, 0.15) is 46.0 Å². The fraction of sp³-hybridized carbons (Fsp3) is 0.526. The van der Waals surface area contributed by atoms with Gasteiger partial charge in [-0.2, -0.15) is 0 Å². The molecule has 2 N–H and O–H groups in total. The molecule has 0 saturated heterocycles. The fourth-order valence-electron chi connectivity index (χ4n) is 2.67. The van der Waals surface area contributed by atoms with Crippen LogP contribution in [0.4, 0.5) is 5.69 Å². The van der Waals surface area contributed by atoms with Gasteiger partial charge in [-0.25, -0.2) is 0 Å². The van der Waals surface area contributed by atoms with Crippen molar-refractivity contribution in [2.45, 2.75) is 62.1 Å². The summed E-state index contributed by atoms with van der Waals surface area (Å²) in [5, 5.41) is 5.05. The molecule has 1 aromatic carbocycles. The maximum Gasteiger partial charge on any atom is 0.307 e. The van der Waals surface area contributed by atoms with Gasteiger partial charge in [0.2, 0.25) is 5.91 Å². The largest absolute Gasteiger partial charge is 0.456 e. The Morgan fingerprint density at radius 1 is 1.31 bits per heavy atom. The number of hydrogen-bond donors (Lipinski definition) is 2. The topological polar surface area (TPSA) is 84.5 Å². The molecule has 0 aliphatic carbocycles. The van der Waals surface area contributed by atoms with Gasteiger partial charge in [0.1, 0.15) is 0 Å². The number of para-hydroxylation sites is 1. The van der Waals surface area contributed by atoms with E-state index >= 15 is 0 Å². The highest BCUT2D eigenvalue weighted by molar-refractivity contribution is 8.01. The molecule has 0 aromatic heterocycles. The summed E-state index contributed by atoms with van der Waals surface area (Å²) in [6.07, 6.45) is 4.18. The third-order valence-electron chi connectivity index (χ3n) is 4.07. The quantitative estimate of drug-likeness (QED) is 0.509. The highest BCUT2D eigenvalue weighted by atomic mass is 32.2. The first-order valence-electron chi connectivity index (χ1n) is 9.01. The number of ether oxygens (including phenoxy) is 1. The monoisotopic (exact) mass is 378 g/mol. The molecule has 142 valence electrons. The zero-order valence-electron chi connectivity index (χ0n) is 15.2. The van der Waals surface area contributed by atoms with E-state index in [4.69, 9.17) is 4.74 Å². The summed E-state index contributed by atoms with van der Waals surface area (Å²) >= 11 is 1.34. The van der Waals surface area contributed by atoms with Crippen molar-refractivity contribution in [1.82, 2.24) is 5.32 Å². The second-order valence-electron chi connectivity index (χ2n) is 6.42. The molecule has 1 aliphatic heterocycles. The second-order valence-corrected chi connectivity index (χ2v) is 7.67. The van der Waals surface area contributed by atoms with Crippen molar-refractivity contribution >= 4 is 35.2 Å². The van der Waals surface area contributed by atoms with Crippen LogP contribution in [0.2, 0.25) is 0 Å². The van der Waals surface area contributed by atoms with Crippen LogP contribution in [0.25, 0.3) is 0 Å². The van der Waals surface area contributed by atoms with Gasteiger partial charge >= 0.3 is 5.97 Å². The minimum absolute atomic E-state index is 0.0592. The summed E-state index contributed by atoms with van der Waals surface area (Å²) in [6.45, 7) is 3.76. The summed E-state index contributed by atoms with van der Waals surface area (Å²) in [7, 11) is 0. The van der Waals surface area contributed by atoms with Crippen LogP contribution in [0.3, 0.4) is 0 Å². The van der Waals surface area contributed by atoms with Crippen LogP contribution >= 0.6 is 11.8 Å². The van der Waals surface area contributed by atoms with Gasteiger partial charge in [0.05, 0.1) is 17.4 Å². The van der Waals surface area contributed by atoms with E-state index < -0.39 is 11.2 Å². The zero-order valence-corrected chi connectivity index (χ0v) is 16.1. The molecule has 0 radical (unpaired) electrons. The number of hydrogen-bond acceptors (Lipinski definition) is 5. The number of fused-ring (bicyclic) bond motifs is 1. The molecular weight excluding hydrogens is 352 g/mol. The van der Waals surface area contributed by atoms with E-state index in [0.717, 1.165) is 36.3 Å². The lowest BCUT2D eigenvalue weighted by molar-refractivity contribution is -0.149. The minimum atomic E-state index is -0.550. The van der Waals surface area contributed by atoms with Crippen molar-refractivity contribution in [2.24, 2.45) is 0 Å². The van der Waals surface area contributed by atoms with E-state index in [9.17, 15) is 14.4 Å². The van der Waals surface area contributed by atoms with Gasteiger partial charge in [0, 0.05) is 10.9 Å². The summed E-state index contributed by atoms with van der Waals surface area (Å²) in [5.41, 5.74) is 0.753. The first kappa shape index (κ1) is 20.3.